The van der Waals surface area contributed by atoms with Gasteiger partial charge in [0.15, 0.2) is 0 Å². The Bertz CT molecular complexity index is 341. The molecule has 0 aliphatic rings. The Labute approximate surface area is 117 Å². The van der Waals surface area contributed by atoms with Crippen LogP contribution in [0.5, 0.6) is 5.75 Å². The fraction of sp³-hybridized carbons (Fsp3) is 0.625. The van der Waals surface area contributed by atoms with Gasteiger partial charge in [0, 0.05) is 6.54 Å². The Balaban J connectivity index is 2.16. The third kappa shape index (κ3) is 7.19. The van der Waals surface area contributed by atoms with Crippen LogP contribution in [-0.2, 0) is 6.42 Å². The van der Waals surface area contributed by atoms with E-state index in [1.165, 1.54) is 24.8 Å². The number of aryl methyl sites for hydroxylation is 1. The number of nitrogens with one attached hydrogen (secondary N) is 1. The Morgan fingerprint density at radius 2 is 2.11 bits per heavy atom. The van der Waals surface area contributed by atoms with Crippen molar-refractivity contribution in [3.05, 3.63) is 29.8 Å². The van der Waals surface area contributed by atoms with E-state index in [-0.39, 0.29) is 0 Å². The van der Waals surface area contributed by atoms with Crippen molar-refractivity contribution in [1.82, 2.24) is 5.32 Å². The van der Waals surface area contributed by atoms with Crippen LogP contribution in [-0.4, -0.2) is 30.9 Å². The van der Waals surface area contributed by atoms with Crippen molar-refractivity contribution >= 4 is 0 Å². The van der Waals surface area contributed by atoms with Crippen LogP contribution >= 0.6 is 0 Å². The summed E-state index contributed by atoms with van der Waals surface area (Å²) in [5.74, 6) is 0.837. The average molecular weight is 265 g/mol. The van der Waals surface area contributed by atoms with Gasteiger partial charge < -0.3 is 15.2 Å². The van der Waals surface area contributed by atoms with Gasteiger partial charge >= 0.3 is 0 Å². The SMILES string of the molecule is CCCCCNCC(O)COc1cccc(CC)c1. The van der Waals surface area contributed by atoms with Crippen molar-refractivity contribution < 1.29 is 9.84 Å². The Hall–Kier alpha value is -1.06. The average Bonchev–Trinajstić information content (AvgIpc) is 2.45. The van der Waals surface area contributed by atoms with Crippen molar-refractivity contribution in [2.75, 3.05) is 19.7 Å². The summed E-state index contributed by atoms with van der Waals surface area (Å²) < 4.78 is 5.60. The first kappa shape index (κ1) is 16.0. The Kier molecular flexibility index (Phi) is 8.26. The van der Waals surface area contributed by atoms with E-state index in [2.05, 4.69) is 25.2 Å². The van der Waals surface area contributed by atoms with Crippen LogP contribution in [0.15, 0.2) is 24.3 Å². The zero-order valence-corrected chi connectivity index (χ0v) is 12.2. The molecule has 3 heteroatoms. The molecule has 1 aromatic carbocycles. The molecule has 0 saturated heterocycles. The number of aliphatic hydroxyl groups is 1. The summed E-state index contributed by atoms with van der Waals surface area (Å²) in [5.41, 5.74) is 1.25. The summed E-state index contributed by atoms with van der Waals surface area (Å²) >= 11 is 0. The number of hydrogen-bond donors (Lipinski definition) is 2. The van der Waals surface area contributed by atoms with Crippen LogP contribution < -0.4 is 10.1 Å². The molecule has 0 bridgehead atoms. The predicted molar refractivity (Wildman–Crippen MR) is 79.7 cm³/mol. The number of aliphatic hydroxyl groups excluding tert-OH is 1. The molecule has 0 saturated carbocycles. The molecule has 2 N–H and O–H groups in total. The molecule has 1 unspecified atom stereocenters. The van der Waals surface area contributed by atoms with Gasteiger partial charge in [-0.3, -0.25) is 0 Å². The molecule has 0 radical (unpaired) electrons. The van der Waals surface area contributed by atoms with E-state index >= 15 is 0 Å². The molecule has 0 fully saturated rings. The van der Waals surface area contributed by atoms with Crippen LogP contribution in [0, 0.1) is 0 Å². The summed E-state index contributed by atoms with van der Waals surface area (Å²) in [4.78, 5) is 0. The first-order valence-electron chi connectivity index (χ1n) is 7.36. The van der Waals surface area contributed by atoms with Crippen molar-refractivity contribution in [2.24, 2.45) is 0 Å². The van der Waals surface area contributed by atoms with Gasteiger partial charge in [-0.25, -0.2) is 0 Å². The fourth-order valence-corrected chi connectivity index (χ4v) is 1.88. The molecular formula is C16H27NO2. The minimum Gasteiger partial charge on any atom is -0.491 e. The summed E-state index contributed by atoms with van der Waals surface area (Å²) in [5, 5.41) is 13.1. The van der Waals surface area contributed by atoms with Gasteiger partial charge in [-0.1, -0.05) is 38.8 Å². The van der Waals surface area contributed by atoms with Gasteiger partial charge in [0.2, 0.25) is 0 Å². The molecule has 108 valence electrons. The highest BCUT2D eigenvalue weighted by molar-refractivity contribution is 5.28. The first-order valence-corrected chi connectivity index (χ1v) is 7.36. The second kappa shape index (κ2) is 9.82. The molecule has 1 aromatic rings. The lowest BCUT2D eigenvalue weighted by molar-refractivity contribution is 0.106. The van der Waals surface area contributed by atoms with Gasteiger partial charge in [-0.15, -0.1) is 0 Å². The number of unbranched alkanes of at least 4 members (excludes halogenated alkanes) is 2. The van der Waals surface area contributed by atoms with Gasteiger partial charge in [-0.2, -0.15) is 0 Å². The minimum absolute atomic E-state index is 0.341. The van der Waals surface area contributed by atoms with Crippen LogP contribution in [0.4, 0.5) is 0 Å². The third-order valence-corrected chi connectivity index (χ3v) is 3.09. The van der Waals surface area contributed by atoms with Gasteiger partial charge in [0.25, 0.3) is 0 Å². The molecule has 0 aliphatic carbocycles. The number of ether oxygens (including phenoxy) is 1. The second-order valence-electron chi connectivity index (χ2n) is 4.88. The van der Waals surface area contributed by atoms with Crippen molar-refractivity contribution in [2.45, 2.75) is 45.6 Å². The van der Waals surface area contributed by atoms with Crippen LogP contribution in [0.1, 0.15) is 38.7 Å². The molecule has 0 aromatic heterocycles. The highest BCUT2D eigenvalue weighted by Crippen LogP contribution is 2.13. The first-order chi connectivity index (χ1) is 9.26. The number of hydrogen-bond acceptors (Lipinski definition) is 3. The van der Waals surface area contributed by atoms with Gasteiger partial charge in [0.1, 0.15) is 18.5 Å². The molecule has 1 atom stereocenters. The molecule has 0 heterocycles. The molecule has 3 nitrogen and oxygen atoms in total. The Morgan fingerprint density at radius 1 is 1.26 bits per heavy atom. The van der Waals surface area contributed by atoms with Crippen LogP contribution in [0.25, 0.3) is 0 Å². The molecule has 0 amide bonds. The molecule has 0 aliphatic heterocycles. The minimum atomic E-state index is -0.452. The lowest BCUT2D eigenvalue weighted by Crippen LogP contribution is -2.32. The van der Waals surface area contributed by atoms with E-state index < -0.39 is 6.10 Å². The number of rotatable bonds is 10. The van der Waals surface area contributed by atoms with Gasteiger partial charge in [-0.05, 0) is 37.1 Å². The van der Waals surface area contributed by atoms with Crippen molar-refractivity contribution in [3.8, 4) is 5.75 Å². The smallest absolute Gasteiger partial charge is 0.119 e. The highest BCUT2D eigenvalue weighted by atomic mass is 16.5. The van der Waals surface area contributed by atoms with E-state index in [0.717, 1.165) is 18.7 Å². The predicted octanol–water partition coefficient (Wildman–Crippen LogP) is 2.77. The van der Waals surface area contributed by atoms with Crippen molar-refractivity contribution in [1.29, 1.82) is 0 Å². The molecule has 19 heavy (non-hydrogen) atoms. The zero-order valence-electron chi connectivity index (χ0n) is 12.2. The van der Waals surface area contributed by atoms with E-state index in [4.69, 9.17) is 4.74 Å². The maximum atomic E-state index is 9.81. The zero-order chi connectivity index (χ0) is 13.9. The summed E-state index contributed by atoms with van der Waals surface area (Å²) in [7, 11) is 0. The van der Waals surface area contributed by atoms with E-state index in [9.17, 15) is 5.11 Å². The summed E-state index contributed by atoms with van der Waals surface area (Å²) in [6, 6.07) is 8.03. The van der Waals surface area contributed by atoms with Crippen LogP contribution in [0.2, 0.25) is 0 Å². The normalized spacial score (nSPS) is 12.4. The third-order valence-electron chi connectivity index (χ3n) is 3.09. The van der Waals surface area contributed by atoms with Gasteiger partial charge in [0.05, 0.1) is 0 Å². The summed E-state index contributed by atoms with van der Waals surface area (Å²) in [6.07, 6.45) is 4.18. The lowest BCUT2D eigenvalue weighted by atomic mass is 10.2. The van der Waals surface area contributed by atoms with E-state index in [1.807, 2.05) is 18.2 Å². The van der Waals surface area contributed by atoms with Crippen molar-refractivity contribution in [3.63, 3.8) is 0 Å². The summed E-state index contributed by atoms with van der Waals surface area (Å²) in [6.45, 7) is 6.21. The quantitative estimate of drug-likeness (QED) is 0.639. The highest BCUT2D eigenvalue weighted by Gasteiger charge is 2.04. The molecule has 1 rings (SSSR count). The lowest BCUT2D eigenvalue weighted by Gasteiger charge is -2.13. The maximum absolute atomic E-state index is 9.81. The topological polar surface area (TPSA) is 41.5 Å². The molecular weight excluding hydrogens is 238 g/mol. The second-order valence-corrected chi connectivity index (χ2v) is 4.88. The molecule has 0 spiro atoms. The monoisotopic (exact) mass is 265 g/mol. The largest absolute Gasteiger partial charge is 0.491 e. The number of benzene rings is 1. The maximum Gasteiger partial charge on any atom is 0.119 e. The van der Waals surface area contributed by atoms with E-state index in [0.29, 0.717) is 13.2 Å². The van der Waals surface area contributed by atoms with Crippen LogP contribution in [0.3, 0.4) is 0 Å². The standard InChI is InChI=1S/C16H27NO2/c1-3-5-6-10-17-12-15(18)13-19-16-9-7-8-14(4-2)11-16/h7-9,11,15,17-18H,3-6,10,12-13H2,1-2H3. The fourth-order valence-electron chi connectivity index (χ4n) is 1.88. The Morgan fingerprint density at radius 3 is 2.84 bits per heavy atom. The van der Waals surface area contributed by atoms with E-state index in [1.54, 1.807) is 0 Å².